The van der Waals surface area contributed by atoms with Gasteiger partial charge < -0.3 is 15.1 Å². The molecule has 1 atom stereocenters. The molecular weight excluding hydrogens is 348 g/mol. The van der Waals surface area contributed by atoms with Gasteiger partial charge in [0.1, 0.15) is 0 Å². The summed E-state index contributed by atoms with van der Waals surface area (Å²) < 4.78 is 5.08. The van der Waals surface area contributed by atoms with E-state index in [-0.39, 0.29) is 23.6 Å². The highest BCUT2D eigenvalue weighted by molar-refractivity contribution is 7.18. The average Bonchev–Trinajstić information content (AvgIpc) is 3.25. The van der Waals surface area contributed by atoms with Gasteiger partial charge in [0.2, 0.25) is 0 Å². The van der Waals surface area contributed by atoms with Gasteiger partial charge in [-0.25, -0.2) is 0 Å². The lowest BCUT2D eigenvalue weighted by molar-refractivity contribution is 0.0942. The molecule has 134 valence electrons. The normalized spacial score (nSPS) is 11.8. The predicted octanol–water partition coefficient (Wildman–Crippen LogP) is 4.70. The minimum atomic E-state index is -0.337. The van der Waals surface area contributed by atoms with Crippen LogP contribution < -0.4 is 10.6 Å². The first-order valence-electron chi connectivity index (χ1n) is 8.27. The molecule has 26 heavy (non-hydrogen) atoms. The van der Waals surface area contributed by atoms with Crippen LogP contribution >= 0.6 is 11.3 Å². The van der Waals surface area contributed by atoms with Crippen LogP contribution in [0.1, 0.15) is 49.9 Å². The van der Waals surface area contributed by atoms with Crippen molar-refractivity contribution < 1.29 is 14.0 Å². The van der Waals surface area contributed by atoms with E-state index in [9.17, 15) is 9.59 Å². The van der Waals surface area contributed by atoms with Crippen LogP contribution in [0, 0.1) is 13.8 Å². The first-order valence-corrected chi connectivity index (χ1v) is 9.09. The third-order valence-corrected chi connectivity index (χ3v) is 5.26. The Labute approximate surface area is 156 Å². The molecule has 0 saturated carbocycles. The van der Waals surface area contributed by atoms with Crippen molar-refractivity contribution in [2.45, 2.75) is 26.8 Å². The molecule has 0 aliphatic carbocycles. The van der Waals surface area contributed by atoms with Crippen LogP contribution in [-0.4, -0.2) is 11.8 Å². The highest BCUT2D eigenvalue weighted by atomic mass is 32.1. The van der Waals surface area contributed by atoms with Crippen molar-refractivity contribution in [3.8, 4) is 0 Å². The van der Waals surface area contributed by atoms with E-state index in [2.05, 4.69) is 10.6 Å². The summed E-state index contributed by atoms with van der Waals surface area (Å²) in [5.41, 5.74) is 3.04. The number of thiophene rings is 1. The molecule has 6 heteroatoms. The predicted molar refractivity (Wildman–Crippen MR) is 103 cm³/mol. The summed E-state index contributed by atoms with van der Waals surface area (Å²) in [6.07, 6.45) is 1.44. The Morgan fingerprint density at radius 1 is 1.04 bits per heavy atom. The monoisotopic (exact) mass is 368 g/mol. The molecule has 2 N–H and O–H groups in total. The second-order valence-electron chi connectivity index (χ2n) is 6.11. The Morgan fingerprint density at radius 2 is 1.81 bits per heavy atom. The molecule has 5 nitrogen and oxygen atoms in total. The SMILES string of the molecule is Cc1ccccc1C(C)NC(=O)c1sc(NC(=O)c2ccco2)cc1C. The van der Waals surface area contributed by atoms with E-state index in [4.69, 9.17) is 4.42 Å². The zero-order valence-corrected chi connectivity index (χ0v) is 15.6. The third-order valence-electron chi connectivity index (χ3n) is 4.11. The smallest absolute Gasteiger partial charge is 0.291 e. The summed E-state index contributed by atoms with van der Waals surface area (Å²) in [4.78, 5) is 25.3. The summed E-state index contributed by atoms with van der Waals surface area (Å²) in [7, 11) is 0. The molecule has 0 fully saturated rings. The quantitative estimate of drug-likeness (QED) is 0.686. The van der Waals surface area contributed by atoms with Crippen molar-refractivity contribution in [3.05, 3.63) is 76.1 Å². The molecule has 0 aliphatic heterocycles. The number of nitrogens with one attached hydrogen (secondary N) is 2. The van der Waals surface area contributed by atoms with Gasteiger partial charge in [-0.3, -0.25) is 9.59 Å². The number of hydrogen-bond acceptors (Lipinski definition) is 4. The number of carbonyl (C=O) groups is 2. The molecule has 0 radical (unpaired) electrons. The van der Waals surface area contributed by atoms with Crippen molar-refractivity contribution in [1.29, 1.82) is 0 Å². The van der Waals surface area contributed by atoms with E-state index in [1.54, 1.807) is 18.2 Å². The zero-order chi connectivity index (χ0) is 18.7. The fourth-order valence-corrected chi connectivity index (χ4v) is 3.73. The number of aryl methyl sites for hydroxylation is 2. The molecule has 0 aliphatic rings. The maximum absolute atomic E-state index is 12.7. The van der Waals surface area contributed by atoms with Crippen LogP contribution in [0.3, 0.4) is 0 Å². The van der Waals surface area contributed by atoms with Gasteiger partial charge in [0.25, 0.3) is 11.8 Å². The molecule has 2 heterocycles. The lowest BCUT2D eigenvalue weighted by Gasteiger charge is -2.16. The molecule has 1 unspecified atom stereocenters. The van der Waals surface area contributed by atoms with E-state index in [1.165, 1.54) is 17.6 Å². The summed E-state index contributed by atoms with van der Waals surface area (Å²) >= 11 is 1.25. The van der Waals surface area contributed by atoms with Crippen LogP contribution in [0.2, 0.25) is 0 Å². The molecule has 3 aromatic rings. The van der Waals surface area contributed by atoms with Crippen LogP contribution in [-0.2, 0) is 0 Å². The number of benzene rings is 1. The zero-order valence-electron chi connectivity index (χ0n) is 14.8. The van der Waals surface area contributed by atoms with Gasteiger partial charge in [0.05, 0.1) is 22.2 Å². The van der Waals surface area contributed by atoms with Crippen molar-refractivity contribution in [1.82, 2.24) is 5.32 Å². The molecule has 2 amide bonds. The fourth-order valence-electron chi connectivity index (χ4n) is 2.76. The van der Waals surface area contributed by atoms with Gasteiger partial charge in [-0.05, 0) is 55.7 Å². The Hall–Kier alpha value is -2.86. The molecule has 0 spiro atoms. The molecule has 0 bridgehead atoms. The standard InChI is InChI=1S/C20H20N2O3S/c1-12-7-4-5-8-15(12)14(3)21-20(24)18-13(2)11-17(26-18)22-19(23)16-9-6-10-25-16/h4-11,14H,1-3H3,(H,21,24)(H,22,23). The highest BCUT2D eigenvalue weighted by Gasteiger charge is 2.19. The number of furan rings is 1. The molecule has 0 saturated heterocycles. The number of carbonyl (C=O) groups excluding carboxylic acids is 2. The lowest BCUT2D eigenvalue weighted by Crippen LogP contribution is -2.26. The maximum Gasteiger partial charge on any atom is 0.291 e. The first kappa shape index (κ1) is 17.9. The van der Waals surface area contributed by atoms with Crippen LogP contribution in [0.15, 0.2) is 53.1 Å². The van der Waals surface area contributed by atoms with Gasteiger partial charge >= 0.3 is 0 Å². The maximum atomic E-state index is 12.7. The van der Waals surface area contributed by atoms with E-state index >= 15 is 0 Å². The Morgan fingerprint density at radius 3 is 2.50 bits per heavy atom. The van der Waals surface area contributed by atoms with Gasteiger partial charge in [-0.1, -0.05) is 24.3 Å². The number of amides is 2. The topological polar surface area (TPSA) is 71.3 Å². The van der Waals surface area contributed by atoms with Crippen molar-refractivity contribution in [2.75, 3.05) is 5.32 Å². The van der Waals surface area contributed by atoms with Gasteiger partial charge in [-0.2, -0.15) is 0 Å². The molecule has 3 rings (SSSR count). The fraction of sp³-hybridized carbons (Fsp3) is 0.200. The summed E-state index contributed by atoms with van der Waals surface area (Å²) in [6.45, 7) is 5.84. The largest absolute Gasteiger partial charge is 0.459 e. The highest BCUT2D eigenvalue weighted by Crippen LogP contribution is 2.28. The Kier molecular flexibility index (Phi) is 5.23. The lowest BCUT2D eigenvalue weighted by atomic mass is 10.0. The van der Waals surface area contributed by atoms with Crippen LogP contribution in [0.25, 0.3) is 0 Å². The minimum Gasteiger partial charge on any atom is -0.459 e. The number of rotatable bonds is 5. The third kappa shape index (κ3) is 3.86. The van der Waals surface area contributed by atoms with E-state index in [0.29, 0.717) is 9.88 Å². The number of anilines is 1. The second kappa shape index (κ2) is 7.58. The first-order chi connectivity index (χ1) is 12.5. The van der Waals surface area contributed by atoms with Gasteiger partial charge in [0.15, 0.2) is 5.76 Å². The Balaban J connectivity index is 1.71. The minimum absolute atomic E-state index is 0.105. The molecule has 1 aromatic carbocycles. The average molecular weight is 368 g/mol. The second-order valence-corrected chi connectivity index (χ2v) is 7.16. The Bertz CT molecular complexity index is 928. The molecule has 2 aromatic heterocycles. The van der Waals surface area contributed by atoms with E-state index in [0.717, 1.165) is 16.7 Å². The summed E-state index contributed by atoms with van der Waals surface area (Å²) in [5, 5.41) is 6.40. The van der Waals surface area contributed by atoms with Crippen molar-refractivity contribution >= 4 is 28.2 Å². The van der Waals surface area contributed by atoms with Crippen LogP contribution in [0.5, 0.6) is 0 Å². The molecular formula is C20H20N2O3S. The number of hydrogen-bond donors (Lipinski definition) is 2. The van der Waals surface area contributed by atoms with Crippen molar-refractivity contribution in [3.63, 3.8) is 0 Å². The summed E-state index contributed by atoms with van der Waals surface area (Å²) in [6, 6.07) is 12.9. The van der Waals surface area contributed by atoms with Gasteiger partial charge in [0, 0.05) is 0 Å². The van der Waals surface area contributed by atoms with E-state index in [1.807, 2.05) is 45.0 Å². The van der Waals surface area contributed by atoms with E-state index < -0.39 is 0 Å². The van der Waals surface area contributed by atoms with Crippen molar-refractivity contribution in [2.24, 2.45) is 0 Å². The van der Waals surface area contributed by atoms with Gasteiger partial charge in [-0.15, -0.1) is 11.3 Å². The van der Waals surface area contributed by atoms with Crippen LogP contribution in [0.4, 0.5) is 5.00 Å². The summed E-state index contributed by atoms with van der Waals surface area (Å²) in [5.74, 6) is -0.256.